The summed E-state index contributed by atoms with van der Waals surface area (Å²) < 4.78 is 11.2. The van der Waals surface area contributed by atoms with Gasteiger partial charge in [-0.15, -0.1) is 0 Å². The Morgan fingerprint density at radius 3 is 2.28 bits per heavy atom. The molecule has 2 N–H and O–H groups in total. The van der Waals surface area contributed by atoms with Gasteiger partial charge < -0.3 is 20.1 Å². The van der Waals surface area contributed by atoms with Gasteiger partial charge >= 0.3 is 0 Å². The fourth-order valence-corrected chi connectivity index (χ4v) is 4.89. The van der Waals surface area contributed by atoms with E-state index in [1.54, 1.807) is 27.0 Å². The van der Waals surface area contributed by atoms with Crippen LogP contribution in [-0.4, -0.2) is 60.1 Å². The number of hydrogen-bond donors (Lipinski definition) is 2. The molecule has 0 radical (unpaired) electrons. The molecule has 0 spiro atoms. The molecule has 3 rings (SSSR count). The first-order chi connectivity index (χ1) is 15.0. The highest BCUT2D eigenvalue weighted by molar-refractivity contribution is 5.84. The average molecular weight is 446 g/mol. The minimum Gasteiger partial charge on any atom is -0.497 e. The molecule has 2 aliphatic heterocycles. The summed E-state index contributed by atoms with van der Waals surface area (Å²) in [5, 5.41) is 6.18. The van der Waals surface area contributed by atoms with Crippen LogP contribution in [0.2, 0.25) is 0 Å². The second-order valence-corrected chi connectivity index (χ2v) is 10.7. The third-order valence-electron chi connectivity index (χ3n) is 6.33. The largest absolute Gasteiger partial charge is 0.497 e. The lowest BCUT2D eigenvalue weighted by Crippen LogP contribution is -2.53. The maximum absolute atomic E-state index is 12.9. The SMILES string of the molecule is COc1cccc(OC(C)(C)C(=O)NC[C@@H]2C[C@H]3CC[C@@H](C2)N3CC(=O)NC(C)(C)C)c1. The van der Waals surface area contributed by atoms with E-state index in [1.165, 1.54) is 0 Å². The zero-order valence-electron chi connectivity index (χ0n) is 20.4. The van der Waals surface area contributed by atoms with Gasteiger partial charge in [0.05, 0.1) is 13.7 Å². The highest BCUT2D eigenvalue weighted by Gasteiger charge is 2.42. The molecule has 1 aromatic rings. The molecule has 2 amide bonds. The van der Waals surface area contributed by atoms with Gasteiger partial charge in [-0.3, -0.25) is 14.5 Å². The molecular formula is C25H39N3O4. The van der Waals surface area contributed by atoms with Crippen molar-refractivity contribution in [3.05, 3.63) is 24.3 Å². The van der Waals surface area contributed by atoms with Crippen molar-refractivity contribution >= 4 is 11.8 Å². The standard InChI is InChI=1S/C25H39N3O4/c1-24(2,3)27-22(29)16-28-18-10-11-19(28)13-17(12-18)15-26-23(30)25(4,5)32-21-9-7-8-20(14-21)31-6/h7-9,14,17-19H,10-13,15-16H2,1-6H3,(H,26,30)(H,27,29)/t17-,18-,19+. The van der Waals surface area contributed by atoms with E-state index >= 15 is 0 Å². The van der Waals surface area contributed by atoms with Crippen molar-refractivity contribution in [1.82, 2.24) is 15.5 Å². The fraction of sp³-hybridized carbons (Fsp3) is 0.680. The fourth-order valence-electron chi connectivity index (χ4n) is 4.89. The first kappa shape index (κ1) is 24.4. The van der Waals surface area contributed by atoms with Crippen molar-refractivity contribution < 1.29 is 19.1 Å². The summed E-state index contributed by atoms with van der Waals surface area (Å²) in [5.74, 6) is 1.68. The molecule has 0 saturated carbocycles. The minimum absolute atomic E-state index is 0.0950. The van der Waals surface area contributed by atoms with E-state index in [0.717, 1.165) is 25.7 Å². The number of fused-ring (bicyclic) bond motifs is 2. The van der Waals surface area contributed by atoms with Crippen molar-refractivity contribution in [1.29, 1.82) is 0 Å². The van der Waals surface area contributed by atoms with E-state index in [-0.39, 0.29) is 17.4 Å². The number of rotatable bonds is 8. The molecule has 0 aromatic heterocycles. The predicted octanol–water partition coefficient (Wildman–Crippen LogP) is 3.13. The zero-order chi connectivity index (χ0) is 23.5. The lowest BCUT2D eigenvalue weighted by atomic mass is 9.90. The van der Waals surface area contributed by atoms with E-state index in [0.29, 0.717) is 42.6 Å². The minimum atomic E-state index is -0.989. The molecule has 0 unspecified atom stereocenters. The first-order valence-electron chi connectivity index (χ1n) is 11.6. The molecule has 32 heavy (non-hydrogen) atoms. The van der Waals surface area contributed by atoms with Gasteiger partial charge in [-0.2, -0.15) is 0 Å². The first-order valence-corrected chi connectivity index (χ1v) is 11.6. The Hall–Kier alpha value is -2.28. The lowest BCUT2D eigenvalue weighted by Gasteiger charge is -2.39. The van der Waals surface area contributed by atoms with E-state index in [4.69, 9.17) is 9.47 Å². The second kappa shape index (κ2) is 9.69. The van der Waals surface area contributed by atoms with Crippen molar-refractivity contribution in [3.63, 3.8) is 0 Å². The summed E-state index contributed by atoms with van der Waals surface area (Å²) in [5.41, 5.74) is -1.20. The highest BCUT2D eigenvalue weighted by Crippen LogP contribution is 2.38. The number of piperidine rings is 1. The van der Waals surface area contributed by atoms with Gasteiger partial charge in [-0.1, -0.05) is 6.07 Å². The molecule has 7 nitrogen and oxygen atoms in total. The molecule has 2 heterocycles. The highest BCUT2D eigenvalue weighted by atomic mass is 16.5. The Balaban J connectivity index is 1.49. The zero-order valence-corrected chi connectivity index (χ0v) is 20.4. The molecule has 0 aliphatic carbocycles. The quantitative estimate of drug-likeness (QED) is 0.643. The van der Waals surface area contributed by atoms with E-state index < -0.39 is 5.60 Å². The number of carbonyl (C=O) groups is 2. The molecule has 2 fully saturated rings. The summed E-state index contributed by atoms with van der Waals surface area (Å²) in [6.07, 6.45) is 4.28. The van der Waals surface area contributed by atoms with Crippen LogP contribution < -0.4 is 20.1 Å². The monoisotopic (exact) mass is 445 g/mol. The van der Waals surface area contributed by atoms with Crippen LogP contribution in [0.25, 0.3) is 0 Å². The van der Waals surface area contributed by atoms with E-state index in [2.05, 4.69) is 15.5 Å². The lowest BCUT2D eigenvalue weighted by molar-refractivity contribution is -0.134. The summed E-state index contributed by atoms with van der Waals surface area (Å²) in [6, 6.07) is 8.12. The van der Waals surface area contributed by atoms with Crippen LogP contribution in [0, 0.1) is 5.92 Å². The molecule has 3 atom stereocenters. The van der Waals surface area contributed by atoms with E-state index in [9.17, 15) is 9.59 Å². The van der Waals surface area contributed by atoms with Crippen molar-refractivity contribution in [2.45, 2.75) is 83.5 Å². The normalized spacial score (nSPS) is 23.5. The molecule has 2 saturated heterocycles. The second-order valence-electron chi connectivity index (χ2n) is 10.7. The third kappa shape index (κ3) is 6.37. The number of nitrogens with one attached hydrogen (secondary N) is 2. The van der Waals surface area contributed by atoms with E-state index in [1.807, 2.05) is 39.0 Å². The van der Waals surface area contributed by atoms with Crippen LogP contribution >= 0.6 is 0 Å². The van der Waals surface area contributed by atoms with Gasteiger partial charge in [-0.25, -0.2) is 0 Å². The van der Waals surface area contributed by atoms with Gasteiger partial charge in [0.15, 0.2) is 5.60 Å². The van der Waals surface area contributed by atoms with Gasteiger partial charge in [0.1, 0.15) is 11.5 Å². The number of amides is 2. The van der Waals surface area contributed by atoms with Crippen LogP contribution in [0.15, 0.2) is 24.3 Å². The smallest absolute Gasteiger partial charge is 0.263 e. The van der Waals surface area contributed by atoms with Gasteiger partial charge in [0.25, 0.3) is 5.91 Å². The molecule has 178 valence electrons. The van der Waals surface area contributed by atoms with Gasteiger partial charge in [0, 0.05) is 30.2 Å². The average Bonchev–Trinajstić information content (AvgIpc) is 2.92. The Kier molecular flexibility index (Phi) is 7.38. The Morgan fingerprint density at radius 1 is 1.06 bits per heavy atom. The molecule has 1 aromatic carbocycles. The number of hydrogen-bond acceptors (Lipinski definition) is 5. The summed E-state index contributed by atoms with van der Waals surface area (Å²) in [6.45, 7) is 10.7. The van der Waals surface area contributed by atoms with Gasteiger partial charge in [-0.05, 0) is 78.4 Å². The molecule has 2 bridgehead atoms. The summed E-state index contributed by atoms with van der Waals surface area (Å²) in [7, 11) is 1.60. The number of benzene rings is 1. The van der Waals surface area contributed by atoms with Crippen LogP contribution in [0.1, 0.15) is 60.3 Å². The van der Waals surface area contributed by atoms with Crippen LogP contribution in [0.3, 0.4) is 0 Å². The topological polar surface area (TPSA) is 79.9 Å². The summed E-state index contributed by atoms with van der Waals surface area (Å²) >= 11 is 0. The van der Waals surface area contributed by atoms with Gasteiger partial charge in [0.2, 0.25) is 5.91 Å². The van der Waals surface area contributed by atoms with Crippen LogP contribution in [0.4, 0.5) is 0 Å². The van der Waals surface area contributed by atoms with Crippen molar-refractivity contribution in [3.8, 4) is 11.5 Å². The molecular weight excluding hydrogens is 406 g/mol. The Labute approximate surface area is 192 Å². The maximum atomic E-state index is 12.9. The molecule has 7 heteroatoms. The number of carbonyl (C=O) groups excluding carboxylic acids is 2. The Bertz CT molecular complexity index is 804. The number of nitrogens with zero attached hydrogens (tertiary/aromatic N) is 1. The Morgan fingerprint density at radius 2 is 1.69 bits per heavy atom. The van der Waals surface area contributed by atoms with Crippen molar-refractivity contribution in [2.24, 2.45) is 5.92 Å². The van der Waals surface area contributed by atoms with Crippen LogP contribution in [0.5, 0.6) is 11.5 Å². The summed E-state index contributed by atoms with van der Waals surface area (Å²) in [4.78, 5) is 27.6. The third-order valence-corrected chi connectivity index (χ3v) is 6.33. The molecule has 2 aliphatic rings. The maximum Gasteiger partial charge on any atom is 0.263 e. The number of methoxy groups -OCH3 is 1. The van der Waals surface area contributed by atoms with Crippen LogP contribution in [-0.2, 0) is 9.59 Å². The number of ether oxygens (including phenoxy) is 2. The predicted molar refractivity (Wildman–Crippen MR) is 125 cm³/mol. The van der Waals surface area contributed by atoms with Crippen molar-refractivity contribution in [2.75, 3.05) is 20.2 Å².